The minimum absolute atomic E-state index is 0.217. The van der Waals surface area contributed by atoms with Gasteiger partial charge >= 0.3 is 11.9 Å². The molecule has 2 aromatic rings. The SMILES string of the molecule is COc1ccc2c(c1)c(C(C(=O)O)N1CCSCC1)cn2CC(=O)O. The summed E-state index contributed by atoms with van der Waals surface area (Å²) in [5.74, 6) is 0.492. The highest BCUT2D eigenvalue weighted by Crippen LogP contribution is 2.34. The Hall–Kier alpha value is -2.19. The number of rotatable bonds is 6. The van der Waals surface area contributed by atoms with Gasteiger partial charge in [-0.2, -0.15) is 11.8 Å². The van der Waals surface area contributed by atoms with Crippen LogP contribution in [-0.4, -0.2) is 63.3 Å². The molecule has 2 heterocycles. The van der Waals surface area contributed by atoms with Crippen molar-refractivity contribution in [1.82, 2.24) is 9.47 Å². The Balaban J connectivity index is 2.14. The molecule has 1 aliphatic rings. The summed E-state index contributed by atoms with van der Waals surface area (Å²) in [5, 5.41) is 19.7. The zero-order chi connectivity index (χ0) is 18.0. The zero-order valence-corrected chi connectivity index (χ0v) is 14.7. The molecule has 3 rings (SSSR count). The number of carboxylic acid groups (broad SMARTS) is 2. The highest BCUT2D eigenvalue weighted by atomic mass is 32.2. The lowest BCUT2D eigenvalue weighted by Crippen LogP contribution is -2.39. The van der Waals surface area contributed by atoms with Gasteiger partial charge in [0, 0.05) is 47.3 Å². The first-order chi connectivity index (χ1) is 12.0. The molecule has 0 aliphatic carbocycles. The van der Waals surface area contributed by atoms with Crippen molar-refractivity contribution in [3.8, 4) is 5.75 Å². The van der Waals surface area contributed by atoms with Gasteiger partial charge in [0.2, 0.25) is 0 Å². The molecule has 1 fully saturated rings. The molecule has 8 heteroatoms. The van der Waals surface area contributed by atoms with Gasteiger partial charge in [-0.1, -0.05) is 0 Å². The fraction of sp³-hybridized carbons (Fsp3) is 0.412. The molecule has 1 aromatic carbocycles. The standard InChI is InChI=1S/C17H20N2O5S/c1-24-11-2-3-14-12(8-11)13(9-19(14)10-15(20)21)16(17(22)23)18-4-6-25-7-5-18/h2-3,8-9,16H,4-7,10H2,1H3,(H,20,21)(H,22,23). The van der Waals surface area contributed by atoms with E-state index in [1.165, 1.54) is 0 Å². The number of hydrogen-bond donors (Lipinski definition) is 2. The third-order valence-corrected chi connectivity index (χ3v) is 5.31. The fourth-order valence-corrected chi connectivity index (χ4v) is 4.18. The van der Waals surface area contributed by atoms with Gasteiger partial charge in [0.05, 0.1) is 7.11 Å². The molecule has 1 saturated heterocycles. The van der Waals surface area contributed by atoms with E-state index < -0.39 is 18.0 Å². The molecule has 0 amide bonds. The average Bonchev–Trinajstić information content (AvgIpc) is 2.92. The Morgan fingerprint density at radius 2 is 2.00 bits per heavy atom. The van der Waals surface area contributed by atoms with Crippen LogP contribution in [0.4, 0.5) is 0 Å². The molecule has 25 heavy (non-hydrogen) atoms. The van der Waals surface area contributed by atoms with Crippen molar-refractivity contribution in [1.29, 1.82) is 0 Å². The molecule has 7 nitrogen and oxygen atoms in total. The maximum Gasteiger partial charge on any atom is 0.325 e. The van der Waals surface area contributed by atoms with E-state index in [9.17, 15) is 14.7 Å². The van der Waals surface area contributed by atoms with E-state index in [0.717, 1.165) is 11.5 Å². The van der Waals surface area contributed by atoms with Crippen LogP contribution in [-0.2, 0) is 16.1 Å². The summed E-state index contributed by atoms with van der Waals surface area (Å²) >= 11 is 1.81. The molecule has 1 aromatic heterocycles. The second kappa shape index (κ2) is 7.37. The predicted molar refractivity (Wildman–Crippen MR) is 95.4 cm³/mol. The Bertz CT molecular complexity index is 798. The van der Waals surface area contributed by atoms with Crippen LogP contribution in [0.3, 0.4) is 0 Å². The van der Waals surface area contributed by atoms with Gasteiger partial charge in [-0.05, 0) is 18.2 Å². The third kappa shape index (κ3) is 3.59. The van der Waals surface area contributed by atoms with Crippen LogP contribution in [0.15, 0.2) is 24.4 Å². The van der Waals surface area contributed by atoms with Crippen LogP contribution in [0.1, 0.15) is 11.6 Å². The zero-order valence-electron chi connectivity index (χ0n) is 13.8. The fourth-order valence-electron chi connectivity index (χ4n) is 3.25. The van der Waals surface area contributed by atoms with Crippen molar-refractivity contribution in [2.75, 3.05) is 31.7 Å². The second-order valence-electron chi connectivity index (χ2n) is 5.88. The van der Waals surface area contributed by atoms with Gasteiger partial charge in [-0.3, -0.25) is 14.5 Å². The Kier molecular flexibility index (Phi) is 5.19. The summed E-state index contributed by atoms with van der Waals surface area (Å²) in [7, 11) is 1.55. The number of aliphatic carboxylic acids is 2. The van der Waals surface area contributed by atoms with E-state index in [1.54, 1.807) is 36.1 Å². The van der Waals surface area contributed by atoms with E-state index in [1.807, 2.05) is 16.7 Å². The summed E-state index contributed by atoms with van der Waals surface area (Å²) in [5.41, 5.74) is 1.30. The van der Waals surface area contributed by atoms with Gasteiger partial charge in [0.15, 0.2) is 0 Å². The lowest BCUT2D eigenvalue weighted by Gasteiger charge is -2.31. The topological polar surface area (TPSA) is 92.0 Å². The van der Waals surface area contributed by atoms with Crippen LogP contribution >= 0.6 is 11.8 Å². The maximum absolute atomic E-state index is 12.0. The molecular formula is C17H20N2O5S. The number of benzene rings is 1. The average molecular weight is 364 g/mol. The minimum Gasteiger partial charge on any atom is -0.497 e. The number of methoxy groups -OCH3 is 1. The number of nitrogens with zero attached hydrogens (tertiary/aromatic N) is 2. The molecule has 2 N–H and O–H groups in total. The smallest absolute Gasteiger partial charge is 0.325 e. The largest absolute Gasteiger partial charge is 0.497 e. The number of carbonyl (C=O) groups is 2. The van der Waals surface area contributed by atoms with Crippen molar-refractivity contribution >= 4 is 34.6 Å². The van der Waals surface area contributed by atoms with Gasteiger partial charge in [0.25, 0.3) is 0 Å². The molecule has 0 spiro atoms. The van der Waals surface area contributed by atoms with E-state index in [-0.39, 0.29) is 6.54 Å². The quantitative estimate of drug-likeness (QED) is 0.809. The van der Waals surface area contributed by atoms with Crippen LogP contribution in [0.2, 0.25) is 0 Å². The number of hydrogen-bond acceptors (Lipinski definition) is 5. The summed E-state index contributed by atoms with van der Waals surface area (Å²) in [6, 6.07) is 4.49. The summed E-state index contributed by atoms with van der Waals surface area (Å²) < 4.78 is 6.85. The van der Waals surface area contributed by atoms with Gasteiger partial charge in [-0.25, -0.2) is 0 Å². The van der Waals surface area contributed by atoms with E-state index in [2.05, 4.69) is 0 Å². The number of fused-ring (bicyclic) bond motifs is 1. The van der Waals surface area contributed by atoms with Crippen LogP contribution < -0.4 is 4.74 Å². The molecule has 1 aliphatic heterocycles. The number of ether oxygens (including phenoxy) is 1. The van der Waals surface area contributed by atoms with Crippen molar-refractivity contribution in [2.24, 2.45) is 0 Å². The van der Waals surface area contributed by atoms with Gasteiger partial charge < -0.3 is 19.5 Å². The van der Waals surface area contributed by atoms with Crippen LogP contribution in [0.25, 0.3) is 10.9 Å². The number of aromatic nitrogens is 1. The minimum atomic E-state index is -0.972. The van der Waals surface area contributed by atoms with Crippen LogP contribution in [0, 0.1) is 0 Å². The molecule has 1 unspecified atom stereocenters. The van der Waals surface area contributed by atoms with E-state index in [4.69, 9.17) is 9.84 Å². The lowest BCUT2D eigenvalue weighted by atomic mass is 10.0. The normalized spacial score (nSPS) is 16.7. The molecule has 0 radical (unpaired) electrons. The molecule has 0 bridgehead atoms. The highest BCUT2D eigenvalue weighted by Gasteiger charge is 2.31. The first-order valence-electron chi connectivity index (χ1n) is 7.94. The Morgan fingerprint density at radius 1 is 1.28 bits per heavy atom. The second-order valence-corrected chi connectivity index (χ2v) is 7.10. The summed E-state index contributed by atoms with van der Waals surface area (Å²) in [6.45, 7) is 1.17. The number of thioether (sulfide) groups is 1. The molecule has 134 valence electrons. The summed E-state index contributed by atoms with van der Waals surface area (Å²) in [4.78, 5) is 25.1. The van der Waals surface area contributed by atoms with Gasteiger partial charge in [0.1, 0.15) is 18.3 Å². The summed E-state index contributed by atoms with van der Waals surface area (Å²) in [6.07, 6.45) is 1.65. The highest BCUT2D eigenvalue weighted by molar-refractivity contribution is 7.99. The predicted octanol–water partition coefficient (Wildman–Crippen LogP) is 1.91. The van der Waals surface area contributed by atoms with Crippen LogP contribution in [0.5, 0.6) is 5.75 Å². The molecular weight excluding hydrogens is 344 g/mol. The van der Waals surface area contributed by atoms with Crippen molar-refractivity contribution < 1.29 is 24.5 Å². The molecule has 1 atom stereocenters. The maximum atomic E-state index is 12.0. The van der Waals surface area contributed by atoms with Crippen molar-refractivity contribution in [2.45, 2.75) is 12.6 Å². The van der Waals surface area contributed by atoms with E-state index >= 15 is 0 Å². The molecule has 0 saturated carbocycles. The third-order valence-electron chi connectivity index (χ3n) is 4.36. The van der Waals surface area contributed by atoms with Gasteiger partial charge in [-0.15, -0.1) is 0 Å². The Labute approximate surface area is 149 Å². The lowest BCUT2D eigenvalue weighted by molar-refractivity contribution is -0.143. The van der Waals surface area contributed by atoms with Crippen molar-refractivity contribution in [3.63, 3.8) is 0 Å². The van der Waals surface area contributed by atoms with E-state index in [0.29, 0.717) is 35.3 Å². The Morgan fingerprint density at radius 3 is 2.60 bits per heavy atom. The monoisotopic (exact) mass is 364 g/mol. The first-order valence-corrected chi connectivity index (χ1v) is 9.10. The first kappa shape index (κ1) is 17.6. The number of carboxylic acids is 2. The van der Waals surface area contributed by atoms with Crippen molar-refractivity contribution in [3.05, 3.63) is 30.0 Å².